The van der Waals surface area contributed by atoms with Crippen molar-refractivity contribution in [1.82, 2.24) is 9.97 Å². The van der Waals surface area contributed by atoms with Crippen LogP contribution in [0.1, 0.15) is 25.3 Å². The number of aryl methyl sites for hydroxylation is 1. The van der Waals surface area contributed by atoms with Gasteiger partial charge in [0.25, 0.3) is 0 Å². The largest absolute Gasteiger partial charge is 0.368 e. The molecule has 0 saturated carbocycles. The molecule has 1 saturated heterocycles. The molecule has 82 valence electrons. The summed E-state index contributed by atoms with van der Waals surface area (Å²) in [7, 11) is 0. The second-order valence-corrected chi connectivity index (χ2v) is 4.24. The highest BCUT2D eigenvalue weighted by atomic mass is 15.2. The van der Waals surface area contributed by atoms with Crippen molar-refractivity contribution in [1.29, 1.82) is 0 Å². The molecule has 0 amide bonds. The van der Waals surface area contributed by atoms with Crippen molar-refractivity contribution in [3.05, 3.63) is 11.8 Å². The van der Waals surface area contributed by atoms with Gasteiger partial charge < -0.3 is 10.6 Å². The van der Waals surface area contributed by atoms with Crippen molar-refractivity contribution in [2.75, 3.05) is 23.7 Å². The zero-order valence-corrected chi connectivity index (χ0v) is 9.40. The highest BCUT2D eigenvalue weighted by molar-refractivity contribution is 5.48. The first-order valence-corrected chi connectivity index (χ1v) is 5.54. The van der Waals surface area contributed by atoms with Gasteiger partial charge in [-0.2, -0.15) is 4.98 Å². The Bertz CT molecular complexity index is 350. The summed E-state index contributed by atoms with van der Waals surface area (Å²) in [5.74, 6) is 2.19. The van der Waals surface area contributed by atoms with Crippen LogP contribution in [0.25, 0.3) is 0 Å². The summed E-state index contributed by atoms with van der Waals surface area (Å²) >= 11 is 0. The quantitative estimate of drug-likeness (QED) is 0.798. The SMILES string of the molecule is CCC1CCN(c2nc(N)ncc2C)C1. The van der Waals surface area contributed by atoms with Crippen LogP contribution in [0.3, 0.4) is 0 Å². The van der Waals surface area contributed by atoms with Crippen molar-refractivity contribution >= 4 is 11.8 Å². The van der Waals surface area contributed by atoms with E-state index in [1.807, 2.05) is 6.92 Å². The average molecular weight is 206 g/mol. The molecule has 1 fully saturated rings. The van der Waals surface area contributed by atoms with Gasteiger partial charge in [0.05, 0.1) is 0 Å². The van der Waals surface area contributed by atoms with Gasteiger partial charge in [-0.3, -0.25) is 0 Å². The fourth-order valence-electron chi connectivity index (χ4n) is 2.12. The molecule has 1 aromatic heterocycles. The van der Waals surface area contributed by atoms with E-state index in [1.54, 1.807) is 6.20 Å². The number of nitrogens with two attached hydrogens (primary N) is 1. The fourth-order valence-corrected chi connectivity index (χ4v) is 2.12. The summed E-state index contributed by atoms with van der Waals surface area (Å²) < 4.78 is 0. The first-order chi connectivity index (χ1) is 7.20. The third-order valence-electron chi connectivity index (χ3n) is 3.13. The molecule has 1 atom stereocenters. The molecule has 4 heteroatoms. The topological polar surface area (TPSA) is 55.0 Å². The molecule has 0 spiro atoms. The summed E-state index contributed by atoms with van der Waals surface area (Å²) in [6.45, 7) is 6.48. The minimum Gasteiger partial charge on any atom is -0.368 e. The number of hydrogen-bond acceptors (Lipinski definition) is 4. The molecule has 0 aliphatic carbocycles. The van der Waals surface area contributed by atoms with E-state index in [4.69, 9.17) is 5.73 Å². The predicted octanol–water partition coefficient (Wildman–Crippen LogP) is 1.60. The van der Waals surface area contributed by atoms with Crippen LogP contribution in [0.2, 0.25) is 0 Å². The second kappa shape index (κ2) is 4.04. The average Bonchev–Trinajstić information content (AvgIpc) is 2.70. The van der Waals surface area contributed by atoms with Gasteiger partial charge in [0.1, 0.15) is 5.82 Å². The van der Waals surface area contributed by atoms with Crippen molar-refractivity contribution in [2.24, 2.45) is 5.92 Å². The van der Waals surface area contributed by atoms with Crippen LogP contribution >= 0.6 is 0 Å². The van der Waals surface area contributed by atoms with Gasteiger partial charge in [0.2, 0.25) is 5.95 Å². The normalized spacial score (nSPS) is 20.9. The number of rotatable bonds is 2. The third kappa shape index (κ3) is 2.03. The minimum absolute atomic E-state index is 0.371. The Kier molecular flexibility index (Phi) is 2.75. The molecule has 2 rings (SSSR count). The Morgan fingerprint density at radius 1 is 1.60 bits per heavy atom. The van der Waals surface area contributed by atoms with Gasteiger partial charge in [-0.15, -0.1) is 0 Å². The molecule has 2 heterocycles. The lowest BCUT2D eigenvalue weighted by atomic mass is 10.1. The molecule has 0 radical (unpaired) electrons. The number of nitrogen functional groups attached to an aromatic ring is 1. The number of anilines is 2. The number of aromatic nitrogens is 2. The Balaban J connectivity index is 2.19. The van der Waals surface area contributed by atoms with Gasteiger partial charge in [0, 0.05) is 24.8 Å². The lowest BCUT2D eigenvalue weighted by Crippen LogP contribution is -2.22. The minimum atomic E-state index is 0.371. The summed E-state index contributed by atoms with van der Waals surface area (Å²) in [5.41, 5.74) is 6.73. The van der Waals surface area contributed by atoms with Crippen molar-refractivity contribution in [3.8, 4) is 0 Å². The highest BCUT2D eigenvalue weighted by Crippen LogP contribution is 2.26. The zero-order chi connectivity index (χ0) is 10.8. The molecular formula is C11H18N4. The molecule has 1 aromatic rings. The van der Waals surface area contributed by atoms with Gasteiger partial charge in [-0.1, -0.05) is 13.3 Å². The van der Waals surface area contributed by atoms with E-state index in [0.29, 0.717) is 5.95 Å². The highest BCUT2D eigenvalue weighted by Gasteiger charge is 2.23. The number of hydrogen-bond donors (Lipinski definition) is 1. The fraction of sp³-hybridized carbons (Fsp3) is 0.636. The summed E-state index contributed by atoms with van der Waals surface area (Å²) in [6, 6.07) is 0. The van der Waals surface area contributed by atoms with E-state index in [1.165, 1.54) is 12.8 Å². The van der Waals surface area contributed by atoms with Gasteiger partial charge in [-0.25, -0.2) is 4.98 Å². The summed E-state index contributed by atoms with van der Waals surface area (Å²) in [4.78, 5) is 10.6. The van der Waals surface area contributed by atoms with E-state index in [0.717, 1.165) is 30.4 Å². The van der Waals surface area contributed by atoms with Crippen molar-refractivity contribution in [2.45, 2.75) is 26.7 Å². The van der Waals surface area contributed by atoms with Crippen LogP contribution < -0.4 is 10.6 Å². The predicted molar refractivity (Wildman–Crippen MR) is 61.8 cm³/mol. The molecule has 0 aromatic carbocycles. The maximum absolute atomic E-state index is 5.61. The van der Waals surface area contributed by atoms with Crippen LogP contribution in [-0.4, -0.2) is 23.1 Å². The van der Waals surface area contributed by atoms with Gasteiger partial charge in [0.15, 0.2) is 0 Å². The van der Waals surface area contributed by atoms with Crippen LogP contribution in [0.4, 0.5) is 11.8 Å². The molecule has 0 bridgehead atoms. The Hall–Kier alpha value is -1.32. The summed E-state index contributed by atoms with van der Waals surface area (Å²) in [5, 5.41) is 0. The Labute approximate surface area is 90.5 Å². The third-order valence-corrected chi connectivity index (χ3v) is 3.13. The lowest BCUT2D eigenvalue weighted by Gasteiger charge is -2.19. The van der Waals surface area contributed by atoms with E-state index >= 15 is 0 Å². The smallest absolute Gasteiger partial charge is 0.221 e. The van der Waals surface area contributed by atoms with Gasteiger partial charge in [-0.05, 0) is 19.3 Å². The maximum atomic E-state index is 5.61. The Morgan fingerprint density at radius 2 is 2.40 bits per heavy atom. The number of nitrogens with zero attached hydrogens (tertiary/aromatic N) is 3. The van der Waals surface area contributed by atoms with E-state index in [9.17, 15) is 0 Å². The molecular weight excluding hydrogens is 188 g/mol. The van der Waals surface area contributed by atoms with Crippen LogP contribution in [0.15, 0.2) is 6.20 Å². The standard InChI is InChI=1S/C11H18N4/c1-3-9-4-5-15(7-9)10-8(2)6-13-11(12)14-10/h6,9H,3-5,7H2,1-2H3,(H2,12,13,14). The zero-order valence-electron chi connectivity index (χ0n) is 9.40. The molecule has 4 nitrogen and oxygen atoms in total. The van der Waals surface area contributed by atoms with Crippen molar-refractivity contribution in [3.63, 3.8) is 0 Å². The molecule has 2 N–H and O–H groups in total. The van der Waals surface area contributed by atoms with Crippen LogP contribution in [-0.2, 0) is 0 Å². The first-order valence-electron chi connectivity index (χ1n) is 5.54. The molecule has 1 aliphatic heterocycles. The summed E-state index contributed by atoms with van der Waals surface area (Å²) in [6.07, 6.45) is 4.31. The molecule has 1 unspecified atom stereocenters. The van der Waals surface area contributed by atoms with Crippen LogP contribution in [0.5, 0.6) is 0 Å². The monoisotopic (exact) mass is 206 g/mol. The second-order valence-electron chi connectivity index (χ2n) is 4.24. The van der Waals surface area contributed by atoms with E-state index < -0.39 is 0 Å². The van der Waals surface area contributed by atoms with E-state index in [2.05, 4.69) is 21.8 Å². The Morgan fingerprint density at radius 3 is 3.07 bits per heavy atom. The van der Waals surface area contributed by atoms with Gasteiger partial charge >= 0.3 is 0 Å². The van der Waals surface area contributed by atoms with Crippen LogP contribution in [0, 0.1) is 12.8 Å². The van der Waals surface area contributed by atoms with Crippen molar-refractivity contribution < 1.29 is 0 Å². The molecule has 15 heavy (non-hydrogen) atoms. The van der Waals surface area contributed by atoms with E-state index in [-0.39, 0.29) is 0 Å². The maximum Gasteiger partial charge on any atom is 0.221 e. The molecule has 1 aliphatic rings. The first kappa shape index (κ1) is 10.2. The lowest BCUT2D eigenvalue weighted by molar-refractivity contribution is 0.568.